The quantitative estimate of drug-likeness (QED) is 0.741. The van der Waals surface area contributed by atoms with Gasteiger partial charge in [0.15, 0.2) is 5.82 Å². The zero-order chi connectivity index (χ0) is 15.2. The average molecular weight is 286 g/mol. The lowest BCUT2D eigenvalue weighted by Gasteiger charge is -2.15. The highest BCUT2D eigenvalue weighted by atomic mass is 19.1. The molecule has 0 aliphatic heterocycles. The van der Waals surface area contributed by atoms with Crippen LogP contribution in [0.3, 0.4) is 0 Å². The van der Waals surface area contributed by atoms with E-state index in [9.17, 15) is 4.39 Å². The molecule has 3 rings (SSSR count). The van der Waals surface area contributed by atoms with Crippen LogP contribution >= 0.6 is 0 Å². The second-order valence-electron chi connectivity index (χ2n) is 5.84. The van der Waals surface area contributed by atoms with E-state index in [2.05, 4.69) is 20.1 Å². The Balaban J connectivity index is 2.14. The fraction of sp³-hybridized carbons (Fsp3) is 0.286. The van der Waals surface area contributed by atoms with E-state index in [4.69, 9.17) is 5.73 Å². The van der Waals surface area contributed by atoms with Crippen molar-refractivity contribution in [3.8, 4) is 11.3 Å². The Morgan fingerprint density at radius 2 is 1.76 bits per heavy atom. The van der Waals surface area contributed by atoms with E-state index in [0.29, 0.717) is 11.3 Å². The summed E-state index contributed by atoms with van der Waals surface area (Å²) >= 11 is 0. The number of hydrogen-bond acceptors (Lipinski definition) is 5. The van der Waals surface area contributed by atoms with Gasteiger partial charge in [0.25, 0.3) is 0 Å². The third-order valence-corrected chi connectivity index (χ3v) is 3.10. The number of hydrogen-bond donors (Lipinski definition) is 1. The number of anilines is 1. The molecular formula is C14H15FN6. The molecule has 2 N–H and O–H groups in total. The Morgan fingerprint density at radius 1 is 1.10 bits per heavy atom. The van der Waals surface area contributed by atoms with Crippen LogP contribution < -0.4 is 5.73 Å². The van der Waals surface area contributed by atoms with Crippen LogP contribution in [0, 0.1) is 5.82 Å². The van der Waals surface area contributed by atoms with Crippen molar-refractivity contribution < 1.29 is 4.39 Å². The molecule has 3 aromatic heterocycles. The summed E-state index contributed by atoms with van der Waals surface area (Å²) in [6.45, 7) is 6.09. The van der Waals surface area contributed by atoms with Gasteiger partial charge in [-0.05, 0) is 0 Å². The van der Waals surface area contributed by atoms with Crippen molar-refractivity contribution in [3.63, 3.8) is 0 Å². The minimum Gasteiger partial charge on any atom is -0.367 e. The van der Waals surface area contributed by atoms with Gasteiger partial charge in [0.1, 0.15) is 11.3 Å². The second kappa shape index (κ2) is 4.47. The molecule has 0 atom stereocenters. The molecule has 0 saturated heterocycles. The summed E-state index contributed by atoms with van der Waals surface area (Å²) in [5.41, 5.74) is 6.89. The van der Waals surface area contributed by atoms with Crippen molar-refractivity contribution in [3.05, 3.63) is 36.3 Å². The fourth-order valence-electron chi connectivity index (χ4n) is 2.02. The van der Waals surface area contributed by atoms with Crippen molar-refractivity contribution in [2.24, 2.45) is 0 Å². The Bertz CT molecular complexity index is 801. The molecule has 0 saturated carbocycles. The van der Waals surface area contributed by atoms with Gasteiger partial charge >= 0.3 is 0 Å². The molecule has 0 amide bonds. The first kappa shape index (κ1) is 13.4. The molecule has 0 unspecified atom stereocenters. The molecule has 6 nitrogen and oxygen atoms in total. The van der Waals surface area contributed by atoms with Gasteiger partial charge in [0.05, 0.1) is 11.9 Å². The second-order valence-corrected chi connectivity index (χ2v) is 5.84. The monoisotopic (exact) mass is 286 g/mol. The average Bonchev–Trinajstić information content (AvgIpc) is 2.75. The molecule has 108 valence electrons. The zero-order valence-corrected chi connectivity index (χ0v) is 12.0. The van der Waals surface area contributed by atoms with Crippen molar-refractivity contribution in [1.29, 1.82) is 0 Å². The lowest BCUT2D eigenvalue weighted by Crippen LogP contribution is -2.15. The third kappa shape index (κ3) is 2.31. The third-order valence-electron chi connectivity index (χ3n) is 3.10. The Hall–Kier alpha value is -2.57. The predicted octanol–water partition coefficient (Wildman–Crippen LogP) is 2.21. The number of aromatic nitrogens is 5. The highest BCUT2D eigenvalue weighted by molar-refractivity contribution is 5.65. The molecular weight excluding hydrogens is 271 g/mol. The molecule has 0 aliphatic carbocycles. The van der Waals surface area contributed by atoms with E-state index < -0.39 is 5.82 Å². The Labute approximate surface area is 120 Å². The van der Waals surface area contributed by atoms with Gasteiger partial charge in [0.2, 0.25) is 5.95 Å². The molecule has 0 spiro atoms. The summed E-state index contributed by atoms with van der Waals surface area (Å²) in [5, 5.41) is 4.03. The summed E-state index contributed by atoms with van der Waals surface area (Å²) < 4.78 is 15.3. The number of fused-ring (bicyclic) bond motifs is 1. The zero-order valence-electron chi connectivity index (χ0n) is 12.0. The largest absolute Gasteiger partial charge is 0.367 e. The Kier molecular flexibility index (Phi) is 2.86. The maximum absolute atomic E-state index is 13.9. The van der Waals surface area contributed by atoms with Crippen LogP contribution in [0.5, 0.6) is 0 Å². The first-order chi connectivity index (χ1) is 9.86. The smallest absolute Gasteiger partial charge is 0.238 e. The van der Waals surface area contributed by atoms with E-state index >= 15 is 0 Å². The number of rotatable bonds is 1. The van der Waals surface area contributed by atoms with Crippen LogP contribution in [0.4, 0.5) is 10.3 Å². The van der Waals surface area contributed by atoms with Crippen molar-refractivity contribution in [2.45, 2.75) is 26.2 Å². The predicted molar refractivity (Wildman–Crippen MR) is 77.1 cm³/mol. The van der Waals surface area contributed by atoms with Crippen molar-refractivity contribution in [2.75, 3.05) is 5.73 Å². The van der Waals surface area contributed by atoms with Gasteiger partial charge < -0.3 is 5.73 Å². The molecule has 3 aromatic rings. The number of nitrogens with two attached hydrogens (primary N) is 1. The summed E-state index contributed by atoms with van der Waals surface area (Å²) in [6.07, 6.45) is 4.67. The molecule has 0 aliphatic rings. The van der Waals surface area contributed by atoms with E-state index in [1.807, 2.05) is 20.8 Å². The number of halogens is 1. The first-order valence-electron chi connectivity index (χ1n) is 6.49. The minimum atomic E-state index is -0.412. The standard InChI is InChI=1S/C14H15FN6/c1-14(2,3)12-17-5-8(6-18-12)10-4-9(15)11-7-19-13(16)20-21(10)11/h4-7H,1-3H3,(H2,16,20). The molecule has 0 fully saturated rings. The van der Waals surface area contributed by atoms with E-state index in [1.165, 1.54) is 16.8 Å². The number of nitrogen functional groups attached to an aromatic ring is 1. The van der Waals surface area contributed by atoms with Crippen LogP contribution in [-0.2, 0) is 5.41 Å². The topological polar surface area (TPSA) is 82.0 Å². The lowest BCUT2D eigenvalue weighted by molar-refractivity contribution is 0.545. The summed E-state index contributed by atoms with van der Waals surface area (Å²) in [5.74, 6) is 0.387. The fourth-order valence-corrected chi connectivity index (χ4v) is 2.02. The van der Waals surface area contributed by atoms with Gasteiger partial charge in [-0.25, -0.2) is 23.9 Å². The highest BCUT2D eigenvalue weighted by Crippen LogP contribution is 2.25. The van der Waals surface area contributed by atoms with E-state index in [0.717, 1.165) is 5.82 Å². The normalized spacial score (nSPS) is 12.0. The summed E-state index contributed by atoms with van der Waals surface area (Å²) in [7, 11) is 0. The van der Waals surface area contributed by atoms with Gasteiger partial charge in [0, 0.05) is 29.4 Å². The van der Waals surface area contributed by atoms with Gasteiger partial charge in [-0.1, -0.05) is 20.8 Å². The summed E-state index contributed by atoms with van der Waals surface area (Å²) in [4.78, 5) is 12.5. The summed E-state index contributed by atoms with van der Waals surface area (Å²) in [6, 6.07) is 1.37. The maximum atomic E-state index is 13.9. The highest BCUT2D eigenvalue weighted by Gasteiger charge is 2.18. The van der Waals surface area contributed by atoms with Crippen molar-refractivity contribution in [1.82, 2.24) is 24.6 Å². The molecule has 0 bridgehead atoms. The van der Waals surface area contributed by atoms with Crippen molar-refractivity contribution >= 4 is 11.5 Å². The van der Waals surface area contributed by atoms with Crippen LogP contribution in [0.2, 0.25) is 0 Å². The SMILES string of the molecule is CC(C)(C)c1ncc(-c2cc(F)c3cnc(N)nn23)cn1. The Morgan fingerprint density at radius 3 is 2.38 bits per heavy atom. The first-order valence-corrected chi connectivity index (χ1v) is 6.49. The lowest BCUT2D eigenvalue weighted by atomic mass is 9.96. The molecule has 3 heterocycles. The van der Waals surface area contributed by atoms with Crippen LogP contribution in [0.15, 0.2) is 24.7 Å². The van der Waals surface area contributed by atoms with Gasteiger partial charge in [-0.15, -0.1) is 5.10 Å². The van der Waals surface area contributed by atoms with E-state index in [1.54, 1.807) is 12.4 Å². The van der Waals surface area contributed by atoms with Crippen LogP contribution in [0.25, 0.3) is 16.8 Å². The molecule has 0 aromatic carbocycles. The molecule has 0 radical (unpaired) electrons. The van der Waals surface area contributed by atoms with Gasteiger partial charge in [-0.2, -0.15) is 0 Å². The molecule has 21 heavy (non-hydrogen) atoms. The molecule has 7 heteroatoms. The maximum Gasteiger partial charge on any atom is 0.238 e. The van der Waals surface area contributed by atoms with E-state index in [-0.39, 0.29) is 16.9 Å². The minimum absolute atomic E-state index is 0.0755. The van der Waals surface area contributed by atoms with Crippen LogP contribution in [-0.4, -0.2) is 24.6 Å². The number of nitrogens with zero attached hydrogens (tertiary/aromatic N) is 5. The van der Waals surface area contributed by atoms with Gasteiger partial charge in [-0.3, -0.25) is 0 Å². The van der Waals surface area contributed by atoms with Crippen LogP contribution in [0.1, 0.15) is 26.6 Å².